The van der Waals surface area contributed by atoms with Gasteiger partial charge in [-0.25, -0.2) is 4.79 Å². The van der Waals surface area contributed by atoms with Crippen molar-refractivity contribution >= 4 is 17.8 Å². The molecule has 0 radical (unpaired) electrons. The van der Waals surface area contributed by atoms with Gasteiger partial charge in [-0.15, -0.1) is 0 Å². The van der Waals surface area contributed by atoms with E-state index in [4.69, 9.17) is 14.6 Å². The van der Waals surface area contributed by atoms with Crippen LogP contribution in [-0.4, -0.2) is 23.5 Å². The van der Waals surface area contributed by atoms with Gasteiger partial charge in [0.25, 0.3) is 0 Å². The highest BCUT2D eigenvalue weighted by Gasteiger charge is 2.27. The third-order valence-electron chi connectivity index (χ3n) is 3.95. The van der Waals surface area contributed by atoms with Crippen molar-refractivity contribution in [1.29, 1.82) is 0 Å². The van der Waals surface area contributed by atoms with Crippen molar-refractivity contribution in [3.05, 3.63) is 63.9 Å². The van der Waals surface area contributed by atoms with Crippen molar-refractivity contribution in [2.24, 2.45) is 0 Å². The van der Waals surface area contributed by atoms with Crippen molar-refractivity contribution in [2.75, 3.05) is 6.61 Å². The lowest BCUT2D eigenvalue weighted by Crippen LogP contribution is -2.11. The van der Waals surface area contributed by atoms with Gasteiger partial charge < -0.3 is 14.6 Å². The number of Topliss-reactive ketones (excluding diaryl/α,β-unsaturated/α-hetero) is 1. The molecule has 0 saturated carbocycles. The van der Waals surface area contributed by atoms with E-state index in [2.05, 4.69) is 0 Å². The maximum Gasteiger partial charge on any atom is 0.341 e. The van der Waals surface area contributed by atoms with E-state index in [1.165, 1.54) is 0 Å². The minimum atomic E-state index is -1.02. The van der Waals surface area contributed by atoms with Gasteiger partial charge >= 0.3 is 5.97 Å². The van der Waals surface area contributed by atoms with Crippen LogP contribution in [0.5, 0.6) is 11.5 Å². The van der Waals surface area contributed by atoms with E-state index in [9.17, 15) is 9.59 Å². The summed E-state index contributed by atoms with van der Waals surface area (Å²) in [5.74, 6) is 0.228. The van der Waals surface area contributed by atoms with Crippen LogP contribution in [0.3, 0.4) is 0 Å². The Kier molecular flexibility index (Phi) is 4.31. The summed E-state index contributed by atoms with van der Waals surface area (Å²) in [6.45, 7) is 5.22. The zero-order valence-electron chi connectivity index (χ0n) is 14.3. The Bertz CT molecular complexity index is 885. The van der Waals surface area contributed by atoms with E-state index in [0.717, 1.165) is 22.3 Å². The lowest BCUT2D eigenvalue weighted by Gasteiger charge is -2.11. The second-order valence-electron chi connectivity index (χ2n) is 6.11. The molecule has 1 aliphatic heterocycles. The predicted molar refractivity (Wildman–Crippen MR) is 93.2 cm³/mol. The lowest BCUT2D eigenvalue weighted by molar-refractivity contribution is -0.139. The van der Waals surface area contributed by atoms with Gasteiger partial charge in [0.15, 0.2) is 12.4 Å². The standard InChI is InChI=1S/C20H18O5/c1-11-4-5-15-16(6-11)25-17(19(15)23)9-14-7-12(2)20(13(3)8-14)24-10-18(21)22/h4-9H,10H2,1-3H3,(H,21,22)/b17-9-. The van der Waals surface area contributed by atoms with Gasteiger partial charge in [0.1, 0.15) is 11.5 Å². The van der Waals surface area contributed by atoms with Crippen LogP contribution in [0.2, 0.25) is 0 Å². The molecule has 0 spiro atoms. The third kappa shape index (κ3) is 3.40. The number of ketones is 1. The topological polar surface area (TPSA) is 72.8 Å². The number of carboxylic acids is 1. The zero-order valence-corrected chi connectivity index (χ0v) is 14.3. The molecule has 2 aromatic rings. The van der Waals surface area contributed by atoms with E-state index in [-0.39, 0.29) is 11.5 Å². The summed E-state index contributed by atoms with van der Waals surface area (Å²) < 4.78 is 11.0. The van der Waals surface area contributed by atoms with Gasteiger partial charge in [-0.1, -0.05) is 6.07 Å². The van der Waals surface area contributed by atoms with Crippen LogP contribution in [-0.2, 0) is 4.79 Å². The molecule has 1 N–H and O–H groups in total. The number of benzene rings is 2. The van der Waals surface area contributed by atoms with Crippen molar-refractivity contribution in [3.8, 4) is 11.5 Å². The maximum atomic E-state index is 12.4. The van der Waals surface area contributed by atoms with Crippen molar-refractivity contribution in [2.45, 2.75) is 20.8 Å². The predicted octanol–water partition coefficient (Wildman–Crippen LogP) is 3.69. The molecule has 0 aliphatic carbocycles. The molecule has 0 fully saturated rings. The minimum Gasteiger partial charge on any atom is -0.481 e. The molecule has 5 heteroatoms. The van der Waals surface area contributed by atoms with Crippen LogP contribution in [0.25, 0.3) is 6.08 Å². The fourth-order valence-corrected chi connectivity index (χ4v) is 2.87. The lowest BCUT2D eigenvalue weighted by atomic mass is 10.0. The summed E-state index contributed by atoms with van der Waals surface area (Å²) in [5, 5.41) is 8.75. The quantitative estimate of drug-likeness (QED) is 0.861. The fraction of sp³-hybridized carbons (Fsp3) is 0.200. The highest BCUT2D eigenvalue weighted by atomic mass is 16.5. The Morgan fingerprint density at radius 1 is 1.16 bits per heavy atom. The summed E-state index contributed by atoms with van der Waals surface area (Å²) in [7, 11) is 0. The molecule has 1 heterocycles. The van der Waals surface area contributed by atoms with Crippen LogP contribution in [0.4, 0.5) is 0 Å². The number of carbonyl (C=O) groups is 2. The molecule has 0 saturated heterocycles. The molecule has 0 aromatic heterocycles. The van der Waals surface area contributed by atoms with Crippen LogP contribution in [0.15, 0.2) is 36.1 Å². The molecule has 25 heavy (non-hydrogen) atoms. The number of aliphatic carboxylic acids is 1. The molecule has 0 unspecified atom stereocenters. The summed E-state index contributed by atoms with van der Waals surface area (Å²) >= 11 is 0. The molecule has 2 aromatic carbocycles. The number of ether oxygens (including phenoxy) is 2. The molecule has 0 bridgehead atoms. The fourth-order valence-electron chi connectivity index (χ4n) is 2.87. The van der Waals surface area contributed by atoms with Crippen LogP contribution < -0.4 is 9.47 Å². The number of rotatable bonds is 4. The average molecular weight is 338 g/mol. The summed E-state index contributed by atoms with van der Waals surface area (Å²) in [6.07, 6.45) is 1.69. The van der Waals surface area contributed by atoms with Crippen molar-refractivity contribution in [3.63, 3.8) is 0 Å². The summed E-state index contributed by atoms with van der Waals surface area (Å²) in [6, 6.07) is 9.16. The maximum absolute atomic E-state index is 12.4. The Hall–Kier alpha value is -3.08. The van der Waals surface area contributed by atoms with E-state index in [0.29, 0.717) is 17.1 Å². The Balaban J connectivity index is 1.90. The average Bonchev–Trinajstić information content (AvgIpc) is 2.81. The number of carbonyl (C=O) groups excluding carboxylic acids is 1. The molecule has 0 atom stereocenters. The number of carboxylic acid groups (broad SMARTS) is 1. The Labute approximate surface area is 145 Å². The van der Waals surface area contributed by atoms with Crippen molar-refractivity contribution < 1.29 is 24.2 Å². The zero-order chi connectivity index (χ0) is 18.1. The first kappa shape index (κ1) is 16.8. The monoisotopic (exact) mass is 338 g/mol. The normalized spacial score (nSPS) is 14.4. The third-order valence-corrected chi connectivity index (χ3v) is 3.95. The van der Waals surface area contributed by atoms with Gasteiger partial charge in [0.2, 0.25) is 5.78 Å². The van der Waals surface area contributed by atoms with Crippen LogP contribution in [0.1, 0.15) is 32.6 Å². The highest BCUT2D eigenvalue weighted by Crippen LogP contribution is 2.33. The smallest absolute Gasteiger partial charge is 0.341 e. The van der Waals surface area contributed by atoms with Crippen LogP contribution in [0, 0.1) is 20.8 Å². The number of hydrogen-bond donors (Lipinski definition) is 1. The first-order chi connectivity index (χ1) is 11.8. The number of allylic oxidation sites excluding steroid dienone is 1. The van der Waals surface area contributed by atoms with Crippen molar-refractivity contribution in [1.82, 2.24) is 0 Å². The number of aryl methyl sites for hydroxylation is 3. The molecule has 1 aliphatic rings. The Morgan fingerprint density at radius 3 is 2.48 bits per heavy atom. The first-order valence-electron chi connectivity index (χ1n) is 7.86. The largest absolute Gasteiger partial charge is 0.481 e. The minimum absolute atomic E-state index is 0.142. The van der Waals surface area contributed by atoms with Gasteiger partial charge in [0.05, 0.1) is 5.56 Å². The van der Waals surface area contributed by atoms with E-state index in [1.54, 1.807) is 12.1 Å². The molecule has 128 valence electrons. The van der Waals surface area contributed by atoms with E-state index in [1.807, 2.05) is 45.0 Å². The van der Waals surface area contributed by atoms with Crippen LogP contribution >= 0.6 is 0 Å². The van der Waals surface area contributed by atoms with Gasteiger partial charge in [0, 0.05) is 0 Å². The summed E-state index contributed by atoms with van der Waals surface area (Å²) in [4.78, 5) is 23.1. The molecule has 3 rings (SSSR count). The number of hydrogen-bond acceptors (Lipinski definition) is 4. The van der Waals surface area contributed by atoms with E-state index >= 15 is 0 Å². The second-order valence-corrected chi connectivity index (χ2v) is 6.11. The second kappa shape index (κ2) is 6.43. The highest BCUT2D eigenvalue weighted by molar-refractivity contribution is 6.14. The van der Waals surface area contributed by atoms with Gasteiger partial charge in [-0.2, -0.15) is 0 Å². The van der Waals surface area contributed by atoms with Gasteiger partial charge in [-0.3, -0.25) is 4.79 Å². The SMILES string of the molecule is Cc1ccc2c(c1)O/C(=C\c1cc(C)c(OCC(=O)O)c(C)c1)C2=O. The first-order valence-corrected chi connectivity index (χ1v) is 7.86. The molecular formula is C20H18O5. The molecular weight excluding hydrogens is 320 g/mol. The Morgan fingerprint density at radius 2 is 1.84 bits per heavy atom. The van der Waals surface area contributed by atoms with E-state index < -0.39 is 12.6 Å². The van der Waals surface area contributed by atoms with Gasteiger partial charge in [-0.05, 0) is 73.4 Å². The molecule has 5 nitrogen and oxygen atoms in total. The summed E-state index contributed by atoms with van der Waals surface area (Å²) in [5.41, 5.74) is 3.98. The molecule has 0 amide bonds. The number of fused-ring (bicyclic) bond motifs is 1.